The first-order valence-electron chi connectivity index (χ1n) is 8.22. The molecule has 1 aromatic heterocycles. The predicted octanol–water partition coefficient (Wildman–Crippen LogP) is 3.21. The fraction of sp³-hybridized carbons (Fsp3) is 0.250. The van der Waals surface area contributed by atoms with Gasteiger partial charge in [-0.05, 0) is 12.1 Å². The third-order valence-corrected chi connectivity index (χ3v) is 4.29. The lowest BCUT2D eigenvalue weighted by Gasteiger charge is -2.18. The molecule has 0 bridgehead atoms. The zero-order valence-electron chi connectivity index (χ0n) is 16.1. The maximum absolute atomic E-state index is 13.0. The molecule has 0 aliphatic carbocycles. The van der Waals surface area contributed by atoms with Gasteiger partial charge in [-0.1, -0.05) is 6.07 Å². The number of rotatable bonds is 6. The van der Waals surface area contributed by atoms with E-state index in [1.165, 1.54) is 47.7 Å². The van der Waals surface area contributed by atoms with Gasteiger partial charge in [-0.15, -0.1) is 0 Å². The van der Waals surface area contributed by atoms with Crippen molar-refractivity contribution < 1.29 is 33.2 Å². The molecule has 28 heavy (non-hydrogen) atoms. The van der Waals surface area contributed by atoms with E-state index in [1.807, 2.05) is 0 Å². The molecule has 0 atom stereocenters. The topological polar surface area (TPSA) is 96.6 Å². The summed E-state index contributed by atoms with van der Waals surface area (Å²) >= 11 is 0. The SMILES string of the molecule is COc1cccc(O)c1-c1cc(=O)c2c(OC)c(OC)c(OC)c(OC)c2o1. The highest BCUT2D eigenvalue weighted by molar-refractivity contribution is 5.96. The maximum Gasteiger partial charge on any atom is 0.211 e. The molecule has 2 aromatic carbocycles. The Labute approximate surface area is 160 Å². The average molecular weight is 388 g/mol. The fourth-order valence-corrected chi connectivity index (χ4v) is 3.10. The Morgan fingerprint density at radius 2 is 1.43 bits per heavy atom. The molecular weight excluding hydrogens is 368 g/mol. The van der Waals surface area contributed by atoms with E-state index in [9.17, 15) is 9.90 Å². The molecule has 0 saturated carbocycles. The van der Waals surface area contributed by atoms with Crippen molar-refractivity contribution >= 4 is 11.0 Å². The van der Waals surface area contributed by atoms with Gasteiger partial charge >= 0.3 is 0 Å². The van der Waals surface area contributed by atoms with Gasteiger partial charge in [0.1, 0.15) is 28.2 Å². The first-order valence-corrected chi connectivity index (χ1v) is 8.22. The minimum atomic E-state index is -0.419. The average Bonchev–Trinajstić information content (AvgIpc) is 2.71. The van der Waals surface area contributed by atoms with Crippen molar-refractivity contribution in [3.63, 3.8) is 0 Å². The molecule has 0 radical (unpaired) electrons. The quantitative estimate of drug-likeness (QED) is 0.688. The van der Waals surface area contributed by atoms with Crippen molar-refractivity contribution in [1.82, 2.24) is 0 Å². The standard InChI is InChI=1S/C20H20O8/c1-23-12-8-6-7-10(21)14(12)13-9-11(22)15-16(24-2)18(25-3)20(27-5)19(26-4)17(15)28-13/h6-9,21H,1-5H3. The van der Waals surface area contributed by atoms with Crippen molar-refractivity contribution in [3.8, 4) is 45.8 Å². The van der Waals surface area contributed by atoms with Crippen LogP contribution in [0.5, 0.6) is 34.5 Å². The largest absolute Gasteiger partial charge is 0.507 e. The molecule has 0 aliphatic rings. The van der Waals surface area contributed by atoms with Crippen molar-refractivity contribution in [1.29, 1.82) is 0 Å². The zero-order chi connectivity index (χ0) is 20.4. The highest BCUT2D eigenvalue weighted by Crippen LogP contribution is 2.51. The van der Waals surface area contributed by atoms with Crippen LogP contribution in [0.2, 0.25) is 0 Å². The number of ether oxygens (including phenoxy) is 5. The van der Waals surface area contributed by atoms with Gasteiger partial charge in [0.15, 0.2) is 16.8 Å². The van der Waals surface area contributed by atoms with Gasteiger partial charge in [-0.25, -0.2) is 0 Å². The van der Waals surface area contributed by atoms with E-state index < -0.39 is 5.43 Å². The van der Waals surface area contributed by atoms with Crippen LogP contribution >= 0.6 is 0 Å². The Balaban J connectivity index is 2.50. The van der Waals surface area contributed by atoms with Gasteiger partial charge < -0.3 is 33.2 Å². The van der Waals surface area contributed by atoms with Crippen LogP contribution in [0.15, 0.2) is 33.5 Å². The Bertz CT molecular complexity index is 1080. The zero-order valence-corrected chi connectivity index (χ0v) is 16.1. The van der Waals surface area contributed by atoms with E-state index in [0.29, 0.717) is 5.75 Å². The molecule has 0 saturated heterocycles. The van der Waals surface area contributed by atoms with Gasteiger partial charge in [0.25, 0.3) is 0 Å². The fourth-order valence-electron chi connectivity index (χ4n) is 3.10. The minimum absolute atomic E-state index is 0.0878. The molecule has 3 rings (SSSR count). The monoisotopic (exact) mass is 388 g/mol. The molecule has 8 heteroatoms. The molecule has 1 heterocycles. The lowest BCUT2D eigenvalue weighted by atomic mass is 10.1. The Morgan fingerprint density at radius 3 is 2.00 bits per heavy atom. The van der Waals surface area contributed by atoms with Crippen LogP contribution in [0.3, 0.4) is 0 Å². The molecule has 0 amide bonds. The van der Waals surface area contributed by atoms with Gasteiger partial charge in [0, 0.05) is 6.07 Å². The van der Waals surface area contributed by atoms with Crippen LogP contribution < -0.4 is 29.1 Å². The summed E-state index contributed by atoms with van der Waals surface area (Å²) in [5, 5.41) is 10.4. The second kappa shape index (κ2) is 7.59. The molecule has 0 fully saturated rings. The van der Waals surface area contributed by atoms with Crippen LogP contribution in [-0.4, -0.2) is 40.7 Å². The number of benzene rings is 2. The van der Waals surface area contributed by atoms with Crippen molar-refractivity contribution in [2.24, 2.45) is 0 Å². The summed E-state index contributed by atoms with van der Waals surface area (Å²) < 4.78 is 32.9. The molecule has 0 unspecified atom stereocenters. The summed E-state index contributed by atoms with van der Waals surface area (Å²) in [6.45, 7) is 0. The number of hydrogen-bond acceptors (Lipinski definition) is 8. The highest BCUT2D eigenvalue weighted by Gasteiger charge is 2.28. The van der Waals surface area contributed by atoms with Crippen molar-refractivity contribution in [2.75, 3.05) is 35.5 Å². The Kier molecular flexibility index (Phi) is 5.21. The summed E-state index contributed by atoms with van der Waals surface area (Å²) in [6.07, 6.45) is 0. The summed E-state index contributed by atoms with van der Waals surface area (Å²) in [5.74, 6) is 1.05. The van der Waals surface area contributed by atoms with E-state index in [2.05, 4.69) is 0 Å². The van der Waals surface area contributed by atoms with Crippen LogP contribution in [-0.2, 0) is 0 Å². The van der Waals surface area contributed by atoms with Crippen LogP contribution in [0.4, 0.5) is 0 Å². The molecule has 8 nitrogen and oxygen atoms in total. The maximum atomic E-state index is 13.0. The third kappa shape index (κ3) is 2.83. The molecule has 0 aliphatic heterocycles. The second-order valence-electron chi connectivity index (χ2n) is 5.67. The second-order valence-corrected chi connectivity index (χ2v) is 5.67. The number of hydrogen-bond donors (Lipinski definition) is 1. The van der Waals surface area contributed by atoms with Gasteiger partial charge in [-0.3, -0.25) is 4.79 Å². The van der Waals surface area contributed by atoms with E-state index in [4.69, 9.17) is 28.1 Å². The van der Waals surface area contributed by atoms with Crippen LogP contribution in [0.1, 0.15) is 0 Å². The van der Waals surface area contributed by atoms with Crippen LogP contribution in [0.25, 0.3) is 22.3 Å². The number of methoxy groups -OCH3 is 5. The molecule has 148 valence electrons. The number of phenolic OH excluding ortho intramolecular Hbond substituents is 1. The molecule has 3 aromatic rings. The normalized spacial score (nSPS) is 10.6. The first kappa shape index (κ1) is 19.2. The number of fused-ring (bicyclic) bond motifs is 1. The van der Waals surface area contributed by atoms with Crippen LogP contribution in [0, 0.1) is 0 Å². The van der Waals surface area contributed by atoms with E-state index in [-0.39, 0.29) is 51.0 Å². The van der Waals surface area contributed by atoms with E-state index in [0.717, 1.165) is 0 Å². The Hall–Kier alpha value is -3.55. The molecular formula is C20H20O8. The van der Waals surface area contributed by atoms with Gasteiger partial charge in [-0.2, -0.15) is 0 Å². The third-order valence-electron chi connectivity index (χ3n) is 4.29. The van der Waals surface area contributed by atoms with Gasteiger partial charge in [0.2, 0.25) is 17.2 Å². The lowest BCUT2D eigenvalue weighted by Crippen LogP contribution is -2.07. The van der Waals surface area contributed by atoms with E-state index in [1.54, 1.807) is 12.1 Å². The summed E-state index contributed by atoms with van der Waals surface area (Å²) in [4.78, 5) is 13.0. The highest BCUT2D eigenvalue weighted by atomic mass is 16.5. The van der Waals surface area contributed by atoms with Gasteiger partial charge in [0.05, 0.1) is 35.5 Å². The number of aromatic hydroxyl groups is 1. The molecule has 0 spiro atoms. The summed E-state index contributed by atoms with van der Waals surface area (Å²) in [5.41, 5.74) is -0.0951. The van der Waals surface area contributed by atoms with E-state index >= 15 is 0 Å². The van der Waals surface area contributed by atoms with Crippen molar-refractivity contribution in [2.45, 2.75) is 0 Å². The summed E-state index contributed by atoms with van der Waals surface area (Å²) in [7, 11) is 7.13. The lowest BCUT2D eigenvalue weighted by molar-refractivity contribution is 0.307. The number of phenols is 1. The first-order chi connectivity index (χ1) is 13.5. The summed E-state index contributed by atoms with van der Waals surface area (Å²) in [6, 6.07) is 5.97. The minimum Gasteiger partial charge on any atom is -0.507 e. The Morgan fingerprint density at radius 1 is 0.821 bits per heavy atom. The molecule has 1 N–H and O–H groups in total. The van der Waals surface area contributed by atoms with Crippen molar-refractivity contribution in [3.05, 3.63) is 34.5 Å². The predicted molar refractivity (Wildman–Crippen MR) is 102 cm³/mol. The smallest absolute Gasteiger partial charge is 0.211 e.